The first kappa shape index (κ1) is 16.7. The fourth-order valence-corrected chi connectivity index (χ4v) is 3.45. The summed E-state index contributed by atoms with van der Waals surface area (Å²) in [6.07, 6.45) is 0.243. The molecule has 0 saturated carbocycles. The summed E-state index contributed by atoms with van der Waals surface area (Å²) >= 11 is 3.39. The summed E-state index contributed by atoms with van der Waals surface area (Å²) in [7, 11) is 0. The number of nitrogens with zero attached hydrogens (tertiary/aromatic N) is 1. The van der Waals surface area contributed by atoms with Gasteiger partial charge in [0.1, 0.15) is 0 Å². The number of hydrogen-bond donors (Lipinski definition) is 1. The standard InChI is InChI=1S/C19H19BrN2O2/c1-12-6-13(2)8-17(7-12)22-11-14(9-18(22)23)19(24)21-16-5-3-4-15(20)10-16/h3-8,10,14H,9,11H2,1-2H3,(H,21,24). The highest BCUT2D eigenvalue weighted by Crippen LogP contribution is 2.28. The predicted octanol–water partition coefficient (Wildman–Crippen LogP) is 4.06. The van der Waals surface area contributed by atoms with Gasteiger partial charge in [0.2, 0.25) is 11.8 Å². The van der Waals surface area contributed by atoms with Crippen molar-refractivity contribution in [3.8, 4) is 0 Å². The van der Waals surface area contributed by atoms with E-state index < -0.39 is 0 Å². The summed E-state index contributed by atoms with van der Waals surface area (Å²) in [5.74, 6) is -0.458. The van der Waals surface area contributed by atoms with Gasteiger partial charge in [-0.25, -0.2) is 0 Å². The van der Waals surface area contributed by atoms with Crippen LogP contribution in [0.3, 0.4) is 0 Å². The van der Waals surface area contributed by atoms with Crippen molar-refractivity contribution < 1.29 is 9.59 Å². The van der Waals surface area contributed by atoms with Crippen molar-refractivity contribution in [3.63, 3.8) is 0 Å². The summed E-state index contributed by atoms with van der Waals surface area (Å²) in [5.41, 5.74) is 3.82. The van der Waals surface area contributed by atoms with E-state index in [1.807, 2.05) is 50.2 Å². The van der Waals surface area contributed by atoms with Crippen LogP contribution in [0.25, 0.3) is 0 Å². The van der Waals surface area contributed by atoms with E-state index >= 15 is 0 Å². The third-order valence-corrected chi connectivity index (χ3v) is 4.60. The molecule has 1 N–H and O–H groups in total. The van der Waals surface area contributed by atoms with Crippen molar-refractivity contribution in [2.24, 2.45) is 5.92 Å². The first-order chi connectivity index (χ1) is 11.4. The molecule has 0 bridgehead atoms. The third kappa shape index (κ3) is 3.67. The van der Waals surface area contributed by atoms with E-state index in [0.29, 0.717) is 6.54 Å². The lowest BCUT2D eigenvalue weighted by molar-refractivity contribution is -0.122. The minimum atomic E-state index is -0.336. The number of halogens is 1. The number of nitrogens with one attached hydrogen (secondary N) is 1. The fraction of sp³-hybridized carbons (Fsp3) is 0.263. The zero-order valence-corrected chi connectivity index (χ0v) is 15.3. The van der Waals surface area contributed by atoms with Crippen molar-refractivity contribution in [1.29, 1.82) is 0 Å². The summed E-state index contributed by atoms with van der Waals surface area (Å²) in [5, 5.41) is 2.89. The number of benzene rings is 2. The Morgan fingerprint density at radius 2 is 1.88 bits per heavy atom. The second-order valence-corrected chi connectivity index (χ2v) is 7.17. The molecule has 0 radical (unpaired) electrons. The maximum Gasteiger partial charge on any atom is 0.229 e. The highest BCUT2D eigenvalue weighted by Gasteiger charge is 2.35. The molecule has 1 fully saturated rings. The van der Waals surface area contributed by atoms with Gasteiger partial charge >= 0.3 is 0 Å². The molecule has 124 valence electrons. The molecule has 5 heteroatoms. The number of carbonyl (C=O) groups excluding carboxylic acids is 2. The normalized spacial score (nSPS) is 17.2. The molecule has 1 saturated heterocycles. The summed E-state index contributed by atoms with van der Waals surface area (Å²) in [6, 6.07) is 13.5. The monoisotopic (exact) mass is 386 g/mol. The van der Waals surface area contributed by atoms with E-state index in [4.69, 9.17) is 0 Å². The minimum Gasteiger partial charge on any atom is -0.326 e. The van der Waals surface area contributed by atoms with Crippen LogP contribution in [0.15, 0.2) is 46.9 Å². The number of rotatable bonds is 3. The minimum absolute atomic E-state index is 0.00519. The molecule has 0 spiro atoms. The molecule has 0 aliphatic carbocycles. The second-order valence-electron chi connectivity index (χ2n) is 6.25. The summed E-state index contributed by atoms with van der Waals surface area (Å²) in [4.78, 5) is 26.5. The average molecular weight is 387 g/mol. The molecule has 1 unspecified atom stereocenters. The molecule has 2 aromatic rings. The Morgan fingerprint density at radius 3 is 2.54 bits per heavy atom. The van der Waals surface area contributed by atoms with Crippen LogP contribution in [0.1, 0.15) is 17.5 Å². The van der Waals surface area contributed by atoms with Crippen LogP contribution in [0, 0.1) is 19.8 Å². The van der Waals surface area contributed by atoms with E-state index in [2.05, 4.69) is 27.3 Å². The molecule has 1 heterocycles. The Labute approximate surface area is 150 Å². The topological polar surface area (TPSA) is 49.4 Å². The molecule has 1 aliphatic heterocycles. The molecular weight excluding hydrogens is 368 g/mol. The first-order valence-corrected chi connectivity index (χ1v) is 8.67. The van der Waals surface area contributed by atoms with Crippen LogP contribution in [0.5, 0.6) is 0 Å². The van der Waals surface area contributed by atoms with E-state index in [1.165, 1.54) is 0 Å². The number of amides is 2. The highest BCUT2D eigenvalue weighted by atomic mass is 79.9. The van der Waals surface area contributed by atoms with E-state index in [9.17, 15) is 9.59 Å². The molecular formula is C19H19BrN2O2. The number of anilines is 2. The molecule has 24 heavy (non-hydrogen) atoms. The summed E-state index contributed by atoms with van der Waals surface area (Å²) in [6.45, 7) is 4.44. The maximum atomic E-state index is 12.5. The molecule has 0 aromatic heterocycles. The quantitative estimate of drug-likeness (QED) is 0.864. The molecule has 1 aliphatic rings. The highest BCUT2D eigenvalue weighted by molar-refractivity contribution is 9.10. The van der Waals surface area contributed by atoms with Gasteiger partial charge in [0.15, 0.2) is 0 Å². The van der Waals surface area contributed by atoms with E-state index in [-0.39, 0.29) is 24.2 Å². The van der Waals surface area contributed by atoms with Crippen LogP contribution < -0.4 is 10.2 Å². The summed E-state index contributed by atoms with van der Waals surface area (Å²) < 4.78 is 0.902. The van der Waals surface area contributed by atoms with E-state index in [1.54, 1.807) is 4.90 Å². The zero-order chi connectivity index (χ0) is 17.3. The molecule has 3 rings (SSSR count). The zero-order valence-electron chi connectivity index (χ0n) is 13.7. The van der Waals surface area contributed by atoms with Crippen molar-refractivity contribution >= 4 is 39.1 Å². The molecule has 2 amide bonds. The Kier molecular flexibility index (Phi) is 4.71. The Morgan fingerprint density at radius 1 is 1.17 bits per heavy atom. The Hall–Kier alpha value is -2.14. The average Bonchev–Trinajstić information content (AvgIpc) is 2.88. The number of hydrogen-bond acceptors (Lipinski definition) is 2. The lowest BCUT2D eigenvalue weighted by Crippen LogP contribution is -2.28. The lowest BCUT2D eigenvalue weighted by Gasteiger charge is -2.18. The van der Waals surface area contributed by atoms with Crippen molar-refractivity contribution in [3.05, 3.63) is 58.1 Å². The predicted molar refractivity (Wildman–Crippen MR) is 99.1 cm³/mol. The lowest BCUT2D eigenvalue weighted by atomic mass is 10.1. The number of aryl methyl sites for hydroxylation is 2. The Bertz CT molecular complexity index is 783. The van der Waals surface area contributed by atoms with Crippen molar-refractivity contribution in [2.45, 2.75) is 20.3 Å². The van der Waals surface area contributed by atoms with Crippen LogP contribution in [-0.4, -0.2) is 18.4 Å². The van der Waals surface area contributed by atoms with Crippen LogP contribution in [0.2, 0.25) is 0 Å². The first-order valence-electron chi connectivity index (χ1n) is 7.87. The van der Waals surface area contributed by atoms with Gasteiger partial charge in [0, 0.05) is 28.8 Å². The van der Waals surface area contributed by atoms with Gasteiger partial charge in [-0.15, -0.1) is 0 Å². The Balaban J connectivity index is 1.73. The maximum absolute atomic E-state index is 12.5. The van der Waals surface area contributed by atoms with Gasteiger partial charge < -0.3 is 10.2 Å². The van der Waals surface area contributed by atoms with Crippen molar-refractivity contribution in [1.82, 2.24) is 0 Å². The van der Waals surface area contributed by atoms with Crippen molar-refractivity contribution in [2.75, 3.05) is 16.8 Å². The molecule has 1 atom stereocenters. The van der Waals surface area contributed by atoms with Gasteiger partial charge in [-0.2, -0.15) is 0 Å². The van der Waals surface area contributed by atoms with Gasteiger partial charge in [-0.3, -0.25) is 9.59 Å². The van der Waals surface area contributed by atoms with Gasteiger partial charge in [-0.1, -0.05) is 28.1 Å². The second kappa shape index (κ2) is 6.77. The largest absolute Gasteiger partial charge is 0.326 e. The van der Waals surface area contributed by atoms with Crippen LogP contribution in [-0.2, 0) is 9.59 Å². The van der Waals surface area contributed by atoms with Gasteiger partial charge in [0.25, 0.3) is 0 Å². The van der Waals surface area contributed by atoms with Gasteiger partial charge in [-0.05, 0) is 55.3 Å². The third-order valence-electron chi connectivity index (χ3n) is 4.11. The molecule has 4 nitrogen and oxygen atoms in total. The van der Waals surface area contributed by atoms with Crippen LogP contribution in [0.4, 0.5) is 11.4 Å². The number of carbonyl (C=O) groups is 2. The SMILES string of the molecule is Cc1cc(C)cc(N2CC(C(=O)Nc3cccc(Br)c3)CC2=O)c1. The smallest absolute Gasteiger partial charge is 0.229 e. The fourth-order valence-electron chi connectivity index (χ4n) is 3.05. The van der Waals surface area contributed by atoms with Gasteiger partial charge in [0.05, 0.1) is 5.92 Å². The van der Waals surface area contributed by atoms with Crippen LogP contribution >= 0.6 is 15.9 Å². The molecule has 2 aromatic carbocycles. The van der Waals surface area contributed by atoms with E-state index in [0.717, 1.165) is 27.0 Å².